The lowest BCUT2D eigenvalue weighted by Crippen LogP contribution is -2.30. The first-order valence-corrected chi connectivity index (χ1v) is 24.9. The molecule has 4 N–H and O–H groups in total. The molecule has 2 aromatic heterocycles. The van der Waals surface area contributed by atoms with Gasteiger partial charge in [0.25, 0.3) is 0 Å². The summed E-state index contributed by atoms with van der Waals surface area (Å²) in [6.07, 6.45) is 17.6. The maximum absolute atomic E-state index is 12.5. The van der Waals surface area contributed by atoms with E-state index < -0.39 is 42.5 Å². The van der Waals surface area contributed by atoms with E-state index in [0.717, 1.165) is 68.8 Å². The second-order valence-corrected chi connectivity index (χ2v) is 17.9. The standard InChI is InChI=1S/C28H37N3O7.C20H31N3O5.C2H6O/c1-2-3-5-8-20-11-13-22(14-12-20)26(32)36-19-25-35-18-24(38-25)31-16-15-23(29-27(31)33)30-28(34)37-17-21-9-6-4-7-10-21;1-2-3-4-5-14-6-8-15(9-7-14)19(24)27-13-18-26-12-17(28-18)23-11-10-16(21)22-20(23)25;1-2-3/h4,6-7,9-10,15-16,20,22,24-25H,2-3,5,8,11-14,17-19H2,1H3,(H,29,30,33,34);10-11,14-15,17-18H,2-9,12-13H2,1H3,(H2,21,22,25);3H,2H2,1H3/t20?,22?,24-,25-;14?,15?,17-,18-;/m00./s1. The second kappa shape index (κ2) is 29.7. The van der Waals surface area contributed by atoms with E-state index in [2.05, 4.69) is 29.1 Å². The van der Waals surface area contributed by atoms with Crippen LogP contribution in [0.25, 0.3) is 0 Å². The van der Waals surface area contributed by atoms with Gasteiger partial charge in [0.2, 0.25) is 0 Å². The molecule has 382 valence electrons. The summed E-state index contributed by atoms with van der Waals surface area (Å²) in [5.41, 5.74) is 5.22. The van der Waals surface area contributed by atoms with E-state index in [1.807, 2.05) is 30.3 Å². The number of aliphatic hydroxyl groups excluding tert-OH is 1. The number of ether oxygens (including phenoxy) is 7. The van der Waals surface area contributed by atoms with Gasteiger partial charge in [0.15, 0.2) is 25.0 Å². The number of hydrogen-bond acceptors (Lipinski definition) is 16. The van der Waals surface area contributed by atoms with Gasteiger partial charge >= 0.3 is 29.4 Å². The van der Waals surface area contributed by atoms with Crippen molar-refractivity contribution in [3.8, 4) is 0 Å². The molecule has 2 saturated heterocycles. The van der Waals surface area contributed by atoms with Gasteiger partial charge in [-0.2, -0.15) is 9.97 Å². The Morgan fingerprint density at radius 3 is 1.62 bits per heavy atom. The average Bonchev–Trinajstić information content (AvgIpc) is 4.04. The van der Waals surface area contributed by atoms with Gasteiger partial charge in [0.05, 0.1) is 25.0 Å². The smallest absolute Gasteiger partial charge is 0.413 e. The highest BCUT2D eigenvalue weighted by Crippen LogP contribution is 2.34. The third-order valence-electron chi connectivity index (χ3n) is 12.7. The Hall–Kier alpha value is -5.21. The molecule has 1 amide bonds. The van der Waals surface area contributed by atoms with Gasteiger partial charge in [0.1, 0.15) is 31.5 Å². The molecule has 0 radical (unpaired) electrons. The van der Waals surface area contributed by atoms with Crippen LogP contribution in [0.1, 0.15) is 142 Å². The molecule has 19 nitrogen and oxygen atoms in total. The molecule has 0 bridgehead atoms. The molecule has 2 saturated carbocycles. The van der Waals surface area contributed by atoms with E-state index in [1.165, 1.54) is 85.0 Å². The Balaban J connectivity index is 0.000000254. The Morgan fingerprint density at radius 2 is 1.16 bits per heavy atom. The molecule has 0 unspecified atom stereocenters. The van der Waals surface area contributed by atoms with E-state index >= 15 is 0 Å². The SMILES string of the molecule is CCCCCC1CCC(C(=O)OC[C@H]2OC[C@@H](n3ccc(N)nc3=O)O2)CC1.CCCCCC1CCC(C(=O)OC[C@H]2OC[C@@H](n3ccc(NC(=O)OCc4ccccc4)nc3=O)O2)CC1.CCO. The number of rotatable bonds is 19. The predicted octanol–water partition coefficient (Wildman–Crippen LogP) is 7.42. The number of hydrogen-bond donors (Lipinski definition) is 3. The van der Waals surface area contributed by atoms with Crippen LogP contribution in [-0.2, 0) is 49.4 Å². The minimum atomic E-state index is -0.757. The number of aromatic nitrogens is 4. The summed E-state index contributed by atoms with van der Waals surface area (Å²) in [5.74, 6) is 1.23. The zero-order valence-electron chi connectivity index (χ0n) is 40.6. The third-order valence-corrected chi connectivity index (χ3v) is 12.7. The first-order chi connectivity index (χ1) is 33.5. The fraction of sp³-hybridized carbons (Fsp3) is 0.660. The maximum atomic E-state index is 12.5. The van der Waals surface area contributed by atoms with Crippen LogP contribution in [0.15, 0.2) is 64.4 Å². The zero-order chi connectivity index (χ0) is 49.4. The van der Waals surface area contributed by atoms with Crippen molar-refractivity contribution in [2.75, 3.05) is 44.1 Å². The van der Waals surface area contributed by atoms with Crippen molar-refractivity contribution in [2.24, 2.45) is 23.7 Å². The lowest BCUT2D eigenvalue weighted by Gasteiger charge is -2.27. The van der Waals surface area contributed by atoms with Gasteiger partial charge in [-0.15, -0.1) is 0 Å². The van der Waals surface area contributed by atoms with Crippen LogP contribution in [0, 0.1) is 23.7 Å². The molecule has 2 aliphatic carbocycles. The number of carbonyl (C=O) groups excluding carboxylic acids is 3. The third kappa shape index (κ3) is 18.6. The number of aliphatic hydroxyl groups is 1. The molecule has 4 fully saturated rings. The molecule has 2 aliphatic heterocycles. The average molecular weight is 967 g/mol. The second-order valence-electron chi connectivity index (χ2n) is 17.9. The quantitative estimate of drug-likeness (QED) is 0.0601. The van der Waals surface area contributed by atoms with Crippen molar-refractivity contribution in [1.29, 1.82) is 0 Å². The molecule has 4 aliphatic rings. The number of nitrogens with one attached hydrogen (secondary N) is 1. The molecule has 3 aromatic rings. The van der Waals surface area contributed by atoms with E-state index in [0.29, 0.717) is 0 Å². The minimum Gasteiger partial charge on any atom is -0.460 e. The molecule has 0 spiro atoms. The number of nitrogen functional groups attached to an aromatic ring is 1. The van der Waals surface area contributed by atoms with Crippen molar-refractivity contribution in [2.45, 2.75) is 155 Å². The zero-order valence-corrected chi connectivity index (χ0v) is 40.6. The van der Waals surface area contributed by atoms with Gasteiger partial charge < -0.3 is 44.0 Å². The van der Waals surface area contributed by atoms with Crippen molar-refractivity contribution >= 4 is 29.7 Å². The van der Waals surface area contributed by atoms with E-state index in [-0.39, 0.29) is 75.1 Å². The van der Waals surface area contributed by atoms with Gasteiger partial charge in [-0.25, -0.2) is 14.4 Å². The highest BCUT2D eigenvalue weighted by molar-refractivity contribution is 5.83. The number of anilines is 2. The predicted molar refractivity (Wildman–Crippen MR) is 255 cm³/mol. The summed E-state index contributed by atoms with van der Waals surface area (Å²) in [7, 11) is 0. The summed E-state index contributed by atoms with van der Waals surface area (Å²) in [6.45, 7) is 6.77. The van der Waals surface area contributed by atoms with Crippen LogP contribution in [0.5, 0.6) is 0 Å². The van der Waals surface area contributed by atoms with Gasteiger partial charge in [-0.1, -0.05) is 95.5 Å². The van der Waals surface area contributed by atoms with Crippen molar-refractivity contribution < 1.29 is 52.6 Å². The fourth-order valence-electron chi connectivity index (χ4n) is 8.84. The summed E-state index contributed by atoms with van der Waals surface area (Å²) < 4.78 is 41.1. The largest absolute Gasteiger partial charge is 0.460 e. The van der Waals surface area contributed by atoms with Crippen LogP contribution in [0.4, 0.5) is 16.4 Å². The molecule has 4 heterocycles. The van der Waals surface area contributed by atoms with E-state index in [4.69, 9.17) is 44.0 Å². The molecule has 1 aromatic carbocycles. The van der Waals surface area contributed by atoms with E-state index in [9.17, 15) is 24.0 Å². The maximum Gasteiger partial charge on any atom is 0.413 e. The molecule has 19 heteroatoms. The van der Waals surface area contributed by atoms with Crippen LogP contribution in [-0.4, -0.2) is 87.9 Å². The number of esters is 2. The molecule has 7 rings (SSSR count). The summed E-state index contributed by atoms with van der Waals surface area (Å²) in [4.78, 5) is 68.8. The number of benzene rings is 1. The Morgan fingerprint density at radius 1 is 0.681 bits per heavy atom. The normalized spacial score (nSPS) is 24.2. The van der Waals surface area contributed by atoms with Gasteiger partial charge in [-0.05, 0) is 87.8 Å². The first kappa shape index (κ1) is 54.7. The number of unbranched alkanes of at least 4 members (excludes halogenated alkanes) is 4. The molecular weight excluding hydrogens is 893 g/mol. The van der Waals surface area contributed by atoms with Crippen LogP contribution in [0.3, 0.4) is 0 Å². The first-order valence-electron chi connectivity index (χ1n) is 24.9. The van der Waals surface area contributed by atoms with Crippen LogP contribution >= 0.6 is 0 Å². The number of nitrogens with two attached hydrogens (primary N) is 1. The fourth-order valence-corrected chi connectivity index (χ4v) is 8.84. The topological polar surface area (TPSA) is 244 Å². The molecule has 69 heavy (non-hydrogen) atoms. The summed E-state index contributed by atoms with van der Waals surface area (Å²) in [5, 5.41) is 10.0. The molecular formula is C50H74N6O13. The number of carbonyl (C=O) groups is 3. The molecule has 4 atom stereocenters. The lowest BCUT2D eigenvalue weighted by atomic mass is 9.80. The van der Waals surface area contributed by atoms with Gasteiger partial charge in [0, 0.05) is 19.0 Å². The van der Waals surface area contributed by atoms with Crippen molar-refractivity contribution in [1.82, 2.24) is 19.1 Å². The lowest BCUT2D eigenvalue weighted by molar-refractivity contribution is -0.165. The number of amides is 1. The van der Waals surface area contributed by atoms with Crippen LogP contribution < -0.4 is 22.4 Å². The van der Waals surface area contributed by atoms with Gasteiger partial charge in [-0.3, -0.25) is 24.0 Å². The van der Waals surface area contributed by atoms with Crippen molar-refractivity contribution in [3.05, 3.63) is 81.4 Å². The Kier molecular flexibility index (Phi) is 23.6. The Labute approximate surface area is 404 Å². The van der Waals surface area contributed by atoms with Crippen molar-refractivity contribution in [3.63, 3.8) is 0 Å². The highest BCUT2D eigenvalue weighted by Gasteiger charge is 2.34. The monoisotopic (exact) mass is 967 g/mol. The summed E-state index contributed by atoms with van der Waals surface area (Å²) >= 11 is 0. The minimum absolute atomic E-state index is 0.0245. The summed E-state index contributed by atoms with van der Waals surface area (Å²) in [6, 6.07) is 12.2. The number of nitrogens with zero attached hydrogens (tertiary/aromatic N) is 4. The van der Waals surface area contributed by atoms with E-state index in [1.54, 1.807) is 6.92 Å². The highest BCUT2D eigenvalue weighted by atomic mass is 16.8. The Bertz CT molecular complexity index is 2110. The van der Waals surface area contributed by atoms with Crippen LogP contribution in [0.2, 0.25) is 0 Å².